The Balaban J connectivity index is 2.55. The lowest BCUT2D eigenvalue weighted by molar-refractivity contribution is 0.0525. The SMILES string of the molecule is CCOC(=O)c1c(C)c2n(c1Cl)CCCC2=O. The van der Waals surface area contributed by atoms with E-state index in [0.717, 1.165) is 6.42 Å². The average molecular weight is 256 g/mol. The molecule has 0 radical (unpaired) electrons. The zero-order valence-electron chi connectivity index (χ0n) is 9.88. The van der Waals surface area contributed by atoms with E-state index < -0.39 is 5.97 Å². The van der Waals surface area contributed by atoms with Crippen LogP contribution in [0.15, 0.2) is 0 Å². The second-order valence-corrected chi connectivity index (χ2v) is 4.40. The fraction of sp³-hybridized carbons (Fsp3) is 0.500. The van der Waals surface area contributed by atoms with Crippen LogP contribution >= 0.6 is 11.6 Å². The zero-order valence-corrected chi connectivity index (χ0v) is 10.6. The van der Waals surface area contributed by atoms with E-state index in [-0.39, 0.29) is 5.78 Å². The molecule has 92 valence electrons. The topological polar surface area (TPSA) is 48.3 Å². The maximum Gasteiger partial charge on any atom is 0.341 e. The van der Waals surface area contributed by atoms with Gasteiger partial charge in [-0.25, -0.2) is 4.79 Å². The molecule has 4 nitrogen and oxygen atoms in total. The van der Waals surface area contributed by atoms with Crippen molar-refractivity contribution in [2.45, 2.75) is 33.2 Å². The number of hydrogen-bond donors (Lipinski definition) is 0. The average Bonchev–Trinajstić information content (AvgIpc) is 2.53. The van der Waals surface area contributed by atoms with Crippen molar-refractivity contribution >= 4 is 23.4 Å². The number of nitrogens with zero attached hydrogens (tertiary/aromatic N) is 1. The number of esters is 1. The Bertz CT molecular complexity index is 490. The second-order valence-electron chi connectivity index (χ2n) is 4.04. The summed E-state index contributed by atoms with van der Waals surface area (Å²) in [5.74, 6) is -0.407. The van der Waals surface area contributed by atoms with Crippen LogP contribution < -0.4 is 0 Å². The lowest BCUT2D eigenvalue weighted by Gasteiger charge is -2.15. The van der Waals surface area contributed by atoms with Crippen molar-refractivity contribution in [1.29, 1.82) is 0 Å². The molecule has 0 aromatic carbocycles. The number of carbonyl (C=O) groups excluding carboxylic acids is 2. The summed E-state index contributed by atoms with van der Waals surface area (Å²) < 4.78 is 6.67. The molecule has 0 spiro atoms. The zero-order chi connectivity index (χ0) is 12.6. The monoisotopic (exact) mass is 255 g/mol. The first-order valence-electron chi connectivity index (χ1n) is 5.66. The van der Waals surface area contributed by atoms with E-state index >= 15 is 0 Å². The van der Waals surface area contributed by atoms with Gasteiger partial charge in [-0.2, -0.15) is 0 Å². The number of Topliss-reactive ketones (excluding diaryl/α,β-unsaturated/α-hetero) is 1. The summed E-state index contributed by atoms with van der Waals surface area (Å²) in [4.78, 5) is 23.6. The summed E-state index contributed by atoms with van der Waals surface area (Å²) in [5, 5.41) is 0.323. The third-order valence-electron chi connectivity index (χ3n) is 2.97. The summed E-state index contributed by atoms with van der Waals surface area (Å²) in [6.07, 6.45) is 1.28. The fourth-order valence-corrected chi connectivity index (χ4v) is 2.62. The molecule has 2 rings (SSSR count). The molecule has 0 amide bonds. The lowest BCUT2D eigenvalue weighted by Crippen LogP contribution is -2.17. The van der Waals surface area contributed by atoms with Crippen LogP contribution in [0.5, 0.6) is 0 Å². The van der Waals surface area contributed by atoms with E-state index in [1.54, 1.807) is 18.4 Å². The molecule has 1 aromatic heterocycles. The highest BCUT2D eigenvalue weighted by Gasteiger charge is 2.29. The molecule has 0 fully saturated rings. The van der Waals surface area contributed by atoms with Crippen LogP contribution in [0.25, 0.3) is 0 Å². The van der Waals surface area contributed by atoms with E-state index in [1.165, 1.54) is 0 Å². The van der Waals surface area contributed by atoms with Gasteiger partial charge >= 0.3 is 5.97 Å². The first-order chi connectivity index (χ1) is 8.07. The number of hydrogen-bond acceptors (Lipinski definition) is 3. The quantitative estimate of drug-likeness (QED) is 0.763. The van der Waals surface area contributed by atoms with Crippen molar-refractivity contribution < 1.29 is 14.3 Å². The minimum Gasteiger partial charge on any atom is -0.462 e. The van der Waals surface area contributed by atoms with Gasteiger partial charge in [0.2, 0.25) is 0 Å². The fourth-order valence-electron chi connectivity index (χ4n) is 2.24. The maximum absolute atomic E-state index is 11.8. The lowest BCUT2D eigenvalue weighted by atomic mass is 10.0. The molecule has 1 aromatic rings. The van der Waals surface area contributed by atoms with Crippen molar-refractivity contribution in [3.8, 4) is 0 Å². The van der Waals surface area contributed by atoms with Crippen LogP contribution in [0.2, 0.25) is 5.15 Å². The first-order valence-corrected chi connectivity index (χ1v) is 6.04. The summed E-state index contributed by atoms with van der Waals surface area (Å²) >= 11 is 6.15. The minimum atomic E-state index is -0.454. The Morgan fingerprint density at radius 2 is 2.24 bits per heavy atom. The smallest absolute Gasteiger partial charge is 0.341 e. The minimum absolute atomic E-state index is 0.0474. The molecule has 17 heavy (non-hydrogen) atoms. The molecule has 0 saturated heterocycles. The molecule has 0 bridgehead atoms. The van der Waals surface area contributed by atoms with Crippen molar-refractivity contribution in [3.05, 3.63) is 22.0 Å². The number of halogens is 1. The van der Waals surface area contributed by atoms with E-state index in [0.29, 0.717) is 41.5 Å². The number of ether oxygens (including phenoxy) is 1. The van der Waals surface area contributed by atoms with Gasteiger partial charge < -0.3 is 9.30 Å². The van der Waals surface area contributed by atoms with Gasteiger partial charge in [-0.15, -0.1) is 0 Å². The van der Waals surface area contributed by atoms with E-state index in [9.17, 15) is 9.59 Å². The van der Waals surface area contributed by atoms with Crippen molar-refractivity contribution in [1.82, 2.24) is 4.57 Å². The predicted octanol–water partition coefficient (Wildman–Crippen LogP) is 2.60. The molecular formula is C12H14ClNO3. The van der Waals surface area contributed by atoms with Gasteiger partial charge in [0.1, 0.15) is 10.7 Å². The number of fused-ring (bicyclic) bond motifs is 1. The molecule has 0 saturated carbocycles. The van der Waals surface area contributed by atoms with Gasteiger partial charge in [0.25, 0.3) is 0 Å². The molecule has 1 aliphatic rings. The highest BCUT2D eigenvalue weighted by Crippen LogP contribution is 2.31. The number of aromatic nitrogens is 1. The molecule has 5 heteroatoms. The van der Waals surface area contributed by atoms with Crippen LogP contribution in [0.1, 0.15) is 46.2 Å². The highest BCUT2D eigenvalue weighted by molar-refractivity contribution is 6.33. The molecule has 2 heterocycles. The largest absolute Gasteiger partial charge is 0.462 e. The Morgan fingerprint density at radius 1 is 1.53 bits per heavy atom. The molecule has 0 atom stereocenters. The summed E-state index contributed by atoms with van der Waals surface area (Å²) in [6, 6.07) is 0. The van der Waals surface area contributed by atoms with E-state index in [1.807, 2.05) is 0 Å². The Hall–Kier alpha value is -1.29. The van der Waals surface area contributed by atoms with Gasteiger partial charge in [0.05, 0.1) is 12.3 Å². The molecular weight excluding hydrogens is 242 g/mol. The van der Waals surface area contributed by atoms with Gasteiger partial charge in [0.15, 0.2) is 5.78 Å². The standard InChI is InChI=1S/C12H14ClNO3/c1-3-17-12(16)9-7(2)10-8(15)5-4-6-14(10)11(9)13/h3-6H2,1-2H3. The van der Waals surface area contributed by atoms with Crippen LogP contribution in [-0.4, -0.2) is 22.9 Å². The van der Waals surface area contributed by atoms with Crippen molar-refractivity contribution in [3.63, 3.8) is 0 Å². The van der Waals surface area contributed by atoms with Crippen molar-refractivity contribution in [2.75, 3.05) is 6.61 Å². The third kappa shape index (κ3) is 1.86. The van der Waals surface area contributed by atoms with Gasteiger partial charge in [0, 0.05) is 13.0 Å². The van der Waals surface area contributed by atoms with Gasteiger partial charge in [-0.05, 0) is 25.8 Å². The van der Waals surface area contributed by atoms with E-state index in [2.05, 4.69) is 0 Å². The van der Waals surface area contributed by atoms with Gasteiger partial charge in [-0.3, -0.25) is 4.79 Å². The number of rotatable bonds is 2. The first kappa shape index (κ1) is 12.2. The third-order valence-corrected chi connectivity index (χ3v) is 3.37. The molecule has 0 aliphatic carbocycles. The normalized spacial score (nSPS) is 14.6. The number of ketones is 1. The molecule has 0 unspecified atom stereocenters. The predicted molar refractivity (Wildman–Crippen MR) is 63.7 cm³/mol. The van der Waals surface area contributed by atoms with E-state index in [4.69, 9.17) is 16.3 Å². The summed E-state index contributed by atoms with van der Waals surface area (Å²) in [5.41, 5.74) is 1.53. The molecule has 1 aliphatic heterocycles. The molecule has 0 N–H and O–H groups in total. The number of carbonyl (C=O) groups is 2. The van der Waals surface area contributed by atoms with Crippen LogP contribution in [0.3, 0.4) is 0 Å². The van der Waals surface area contributed by atoms with Crippen LogP contribution in [0.4, 0.5) is 0 Å². The highest BCUT2D eigenvalue weighted by atomic mass is 35.5. The second kappa shape index (κ2) is 4.53. The summed E-state index contributed by atoms with van der Waals surface area (Å²) in [7, 11) is 0. The van der Waals surface area contributed by atoms with Crippen molar-refractivity contribution in [2.24, 2.45) is 0 Å². The van der Waals surface area contributed by atoms with Gasteiger partial charge in [-0.1, -0.05) is 11.6 Å². The Labute approximate surface area is 105 Å². The van der Waals surface area contributed by atoms with Crippen LogP contribution in [-0.2, 0) is 11.3 Å². The summed E-state index contributed by atoms with van der Waals surface area (Å²) in [6.45, 7) is 4.46. The Kier molecular flexibility index (Phi) is 3.24. The van der Waals surface area contributed by atoms with Crippen LogP contribution in [0, 0.1) is 6.92 Å². The maximum atomic E-state index is 11.8. The Morgan fingerprint density at radius 3 is 2.82 bits per heavy atom.